The van der Waals surface area contributed by atoms with Gasteiger partial charge in [0.2, 0.25) is 5.91 Å². The Morgan fingerprint density at radius 3 is 2.38 bits per heavy atom. The Bertz CT molecular complexity index is 670. The van der Waals surface area contributed by atoms with Gasteiger partial charge in [-0.05, 0) is 43.5 Å². The van der Waals surface area contributed by atoms with Crippen LogP contribution in [0.25, 0.3) is 0 Å². The molecule has 144 valence electrons. The van der Waals surface area contributed by atoms with Crippen LogP contribution in [0.5, 0.6) is 0 Å². The van der Waals surface area contributed by atoms with Crippen LogP contribution in [0.1, 0.15) is 43.7 Å². The second-order valence-corrected chi connectivity index (χ2v) is 6.35. The highest BCUT2D eigenvalue weighted by molar-refractivity contribution is 6.00. The number of nitrogens with one attached hydrogen (secondary N) is 3. The number of amides is 3. The summed E-state index contributed by atoms with van der Waals surface area (Å²) < 4.78 is 39.1. The number of carbonyl (C=O) groups excluding carboxylic acids is 2. The van der Waals surface area contributed by atoms with Gasteiger partial charge in [0.15, 0.2) is 0 Å². The molecule has 1 aromatic carbocycles. The van der Waals surface area contributed by atoms with Crippen molar-refractivity contribution in [2.45, 2.75) is 50.9 Å². The Hall–Kier alpha value is -2.29. The van der Waals surface area contributed by atoms with Crippen LogP contribution in [-0.4, -0.2) is 24.0 Å². The molecule has 1 aliphatic carbocycles. The molecule has 5 N–H and O–H groups in total. The molecule has 0 bridgehead atoms. The van der Waals surface area contributed by atoms with Gasteiger partial charge in [-0.1, -0.05) is 12.8 Å². The number of hydrogen-bond donors (Lipinski definition) is 4. The molecule has 0 spiro atoms. The second-order valence-electron chi connectivity index (χ2n) is 6.35. The SMILES string of the molecule is CCNC(=O)NC1(C(=O)Nc2cc(CN)cc(C(F)(F)F)c2)CCCC1. The normalized spacial score (nSPS) is 16.2. The van der Waals surface area contributed by atoms with Gasteiger partial charge in [-0.2, -0.15) is 13.2 Å². The topological polar surface area (TPSA) is 96.2 Å². The van der Waals surface area contributed by atoms with Gasteiger partial charge in [-0.3, -0.25) is 4.79 Å². The van der Waals surface area contributed by atoms with E-state index >= 15 is 0 Å². The van der Waals surface area contributed by atoms with E-state index in [0.29, 0.717) is 19.4 Å². The fourth-order valence-corrected chi connectivity index (χ4v) is 3.11. The predicted octanol–water partition coefficient (Wildman–Crippen LogP) is 2.73. The molecule has 3 amide bonds. The van der Waals surface area contributed by atoms with E-state index in [1.807, 2.05) is 0 Å². The summed E-state index contributed by atoms with van der Waals surface area (Å²) in [7, 11) is 0. The molecular formula is C17H23F3N4O2. The summed E-state index contributed by atoms with van der Waals surface area (Å²) >= 11 is 0. The number of hydrogen-bond acceptors (Lipinski definition) is 3. The van der Waals surface area contributed by atoms with Gasteiger partial charge in [0, 0.05) is 18.8 Å². The Balaban J connectivity index is 2.25. The summed E-state index contributed by atoms with van der Waals surface area (Å²) in [5, 5.41) is 7.77. The van der Waals surface area contributed by atoms with E-state index in [9.17, 15) is 22.8 Å². The highest BCUT2D eigenvalue weighted by Gasteiger charge is 2.42. The molecule has 26 heavy (non-hydrogen) atoms. The zero-order valence-electron chi connectivity index (χ0n) is 14.5. The third-order valence-corrected chi connectivity index (χ3v) is 4.40. The summed E-state index contributed by atoms with van der Waals surface area (Å²) in [5.74, 6) is -0.524. The average molecular weight is 372 g/mol. The Morgan fingerprint density at radius 1 is 1.19 bits per heavy atom. The molecule has 0 aromatic heterocycles. The lowest BCUT2D eigenvalue weighted by atomic mass is 9.96. The minimum Gasteiger partial charge on any atom is -0.338 e. The monoisotopic (exact) mass is 372 g/mol. The van der Waals surface area contributed by atoms with E-state index in [4.69, 9.17) is 5.73 Å². The van der Waals surface area contributed by atoms with Crippen LogP contribution in [0.15, 0.2) is 18.2 Å². The number of halogens is 3. The molecule has 0 aliphatic heterocycles. The van der Waals surface area contributed by atoms with E-state index in [2.05, 4.69) is 16.0 Å². The highest BCUT2D eigenvalue weighted by Crippen LogP contribution is 2.34. The first-order chi connectivity index (χ1) is 12.2. The van der Waals surface area contributed by atoms with Crippen LogP contribution in [0.4, 0.5) is 23.7 Å². The summed E-state index contributed by atoms with van der Waals surface area (Å²) in [6, 6.07) is 2.75. The van der Waals surface area contributed by atoms with Crippen molar-refractivity contribution in [3.05, 3.63) is 29.3 Å². The van der Waals surface area contributed by atoms with E-state index in [1.54, 1.807) is 6.92 Å². The molecule has 1 fully saturated rings. The van der Waals surface area contributed by atoms with Crippen molar-refractivity contribution in [3.8, 4) is 0 Å². The van der Waals surface area contributed by atoms with Crippen LogP contribution in [-0.2, 0) is 17.5 Å². The second kappa shape index (κ2) is 7.94. The first kappa shape index (κ1) is 20.0. The molecule has 0 saturated heterocycles. The Labute approximate surface area is 149 Å². The number of nitrogens with two attached hydrogens (primary N) is 1. The van der Waals surface area contributed by atoms with Gasteiger partial charge in [-0.15, -0.1) is 0 Å². The highest BCUT2D eigenvalue weighted by atomic mass is 19.4. The van der Waals surface area contributed by atoms with Crippen LogP contribution in [0, 0.1) is 0 Å². The van der Waals surface area contributed by atoms with Crippen LogP contribution < -0.4 is 21.7 Å². The van der Waals surface area contributed by atoms with Crippen molar-refractivity contribution in [2.24, 2.45) is 5.73 Å². The van der Waals surface area contributed by atoms with E-state index < -0.39 is 29.2 Å². The maximum Gasteiger partial charge on any atom is 0.416 e. The van der Waals surface area contributed by atoms with E-state index in [-0.39, 0.29) is 17.8 Å². The fraction of sp³-hybridized carbons (Fsp3) is 0.529. The van der Waals surface area contributed by atoms with E-state index in [1.165, 1.54) is 6.07 Å². The predicted molar refractivity (Wildman–Crippen MR) is 91.4 cm³/mol. The first-order valence-corrected chi connectivity index (χ1v) is 8.49. The summed E-state index contributed by atoms with van der Waals surface area (Å²) in [6.07, 6.45) is -2.20. The zero-order valence-corrected chi connectivity index (χ0v) is 14.5. The van der Waals surface area contributed by atoms with Crippen molar-refractivity contribution >= 4 is 17.6 Å². The lowest BCUT2D eigenvalue weighted by Crippen LogP contribution is -2.57. The molecule has 0 unspecified atom stereocenters. The number of rotatable bonds is 5. The molecule has 9 heteroatoms. The number of carbonyl (C=O) groups is 2. The van der Waals surface area contributed by atoms with E-state index in [0.717, 1.165) is 25.0 Å². The van der Waals surface area contributed by atoms with Crippen molar-refractivity contribution in [1.82, 2.24) is 10.6 Å². The molecule has 0 radical (unpaired) electrons. The third-order valence-electron chi connectivity index (χ3n) is 4.40. The molecule has 1 aliphatic rings. The standard InChI is InChI=1S/C17H23F3N4O2/c1-2-22-15(26)24-16(5-3-4-6-16)14(25)23-13-8-11(10-21)7-12(9-13)17(18,19)20/h7-9H,2-6,10,21H2,1H3,(H,23,25)(H2,22,24,26). The largest absolute Gasteiger partial charge is 0.416 e. The first-order valence-electron chi connectivity index (χ1n) is 8.49. The molecule has 1 aromatic rings. The smallest absolute Gasteiger partial charge is 0.338 e. The maximum absolute atomic E-state index is 13.0. The minimum atomic E-state index is -4.55. The molecule has 0 heterocycles. The van der Waals surface area contributed by atoms with Gasteiger partial charge in [0.05, 0.1) is 5.56 Å². The molecule has 6 nitrogen and oxygen atoms in total. The van der Waals surface area contributed by atoms with Gasteiger partial charge in [0.25, 0.3) is 0 Å². The number of benzene rings is 1. The number of anilines is 1. The van der Waals surface area contributed by atoms with Crippen LogP contribution in [0.3, 0.4) is 0 Å². The summed E-state index contributed by atoms with van der Waals surface area (Å²) in [4.78, 5) is 24.7. The van der Waals surface area contributed by atoms with Gasteiger partial charge in [-0.25, -0.2) is 4.79 Å². The van der Waals surface area contributed by atoms with Gasteiger partial charge in [0.1, 0.15) is 5.54 Å². The number of alkyl halides is 3. The molecule has 1 saturated carbocycles. The molecule has 0 atom stereocenters. The average Bonchev–Trinajstić information content (AvgIpc) is 3.03. The third kappa shape index (κ3) is 4.66. The zero-order chi connectivity index (χ0) is 19.4. The summed E-state index contributed by atoms with van der Waals surface area (Å²) in [5.41, 5.74) is 3.72. The van der Waals surface area contributed by atoms with Crippen molar-refractivity contribution < 1.29 is 22.8 Å². The van der Waals surface area contributed by atoms with Gasteiger partial charge >= 0.3 is 12.2 Å². The van der Waals surface area contributed by atoms with Crippen LogP contribution >= 0.6 is 0 Å². The maximum atomic E-state index is 13.0. The fourth-order valence-electron chi connectivity index (χ4n) is 3.11. The Morgan fingerprint density at radius 2 is 1.85 bits per heavy atom. The van der Waals surface area contributed by atoms with Crippen molar-refractivity contribution in [1.29, 1.82) is 0 Å². The lowest BCUT2D eigenvalue weighted by Gasteiger charge is -2.29. The Kier molecular flexibility index (Phi) is 6.12. The number of urea groups is 1. The van der Waals surface area contributed by atoms with Gasteiger partial charge < -0.3 is 21.7 Å². The van der Waals surface area contributed by atoms with Crippen LogP contribution in [0.2, 0.25) is 0 Å². The quantitative estimate of drug-likeness (QED) is 0.640. The molecular weight excluding hydrogens is 349 g/mol. The minimum absolute atomic E-state index is 0.00856. The molecule has 2 rings (SSSR count). The lowest BCUT2D eigenvalue weighted by molar-refractivity contribution is -0.137. The van der Waals surface area contributed by atoms with Crippen molar-refractivity contribution in [3.63, 3.8) is 0 Å². The van der Waals surface area contributed by atoms with Crippen molar-refractivity contribution in [2.75, 3.05) is 11.9 Å². The summed E-state index contributed by atoms with van der Waals surface area (Å²) in [6.45, 7) is 2.06.